The maximum absolute atomic E-state index is 12.4. The largest absolute Gasteiger partial charge is 0.394 e. The number of rotatable bonds is 4. The van der Waals surface area contributed by atoms with Gasteiger partial charge < -0.3 is 20.5 Å². The molecule has 3 N–H and O–H groups in total. The van der Waals surface area contributed by atoms with Crippen molar-refractivity contribution in [3.63, 3.8) is 0 Å². The van der Waals surface area contributed by atoms with Gasteiger partial charge in [0.05, 0.1) is 18.3 Å². The first-order chi connectivity index (χ1) is 9.02. The summed E-state index contributed by atoms with van der Waals surface area (Å²) < 4.78 is 5.71. The van der Waals surface area contributed by atoms with Crippen LogP contribution in [0.1, 0.15) is 47.5 Å². The molecule has 0 aliphatic carbocycles. The molecule has 1 aliphatic rings. The highest BCUT2D eigenvalue weighted by atomic mass is 16.5. The molecule has 0 aromatic rings. The Bertz CT molecular complexity index is 337. The second kappa shape index (κ2) is 6.41. The summed E-state index contributed by atoms with van der Waals surface area (Å²) in [6.07, 6.45) is 0.864. The number of hydrogen-bond acceptors (Lipinski definition) is 4. The fourth-order valence-corrected chi connectivity index (χ4v) is 2.79. The number of ether oxygens (including phenoxy) is 1. The lowest BCUT2D eigenvalue weighted by molar-refractivity contribution is -0.167. The first-order valence-electron chi connectivity index (χ1n) is 7.34. The van der Waals surface area contributed by atoms with E-state index >= 15 is 0 Å². The predicted molar refractivity (Wildman–Crippen MR) is 79.3 cm³/mol. The molecule has 2 unspecified atom stereocenters. The monoisotopic (exact) mass is 286 g/mol. The minimum atomic E-state index is -0.421. The lowest BCUT2D eigenvalue weighted by atomic mass is 9.87. The molecule has 0 bridgehead atoms. The first-order valence-corrected chi connectivity index (χ1v) is 7.34. The number of hydrogen-bond donors (Lipinski definition) is 2. The molecule has 0 aromatic carbocycles. The number of amides is 1. The van der Waals surface area contributed by atoms with Crippen molar-refractivity contribution in [3.05, 3.63) is 0 Å². The number of aliphatic hydroxyl groups is 1. The molecule has 1 aliphatic heterocycles. The van der Waals surface area contributed by atoms with Crippen molar-refractivity contribution in [2.24, 2.45) is 11.1 Å². The van der Waals surface area contributed by atoms with Gasteiger partial charge in [-0.15, -0.1) is 0 Å². The van der Waals surface area contributed by atoms with Crippen LogP contribution >= 0.6 is 0 Å². The minimum absolute atomic E-state index is 0.0524. The Hall–Kier alpha value is -0.650. The lowest BCUT2D eigenvalue weighted by Gasteiger charge is -2.42. The number of morpholine rings is 1. The highest BCUT2D eigenvalue weighted by Gasteiger charge is 2.35. The standard InChI is InChI=1S/C15H30N2O3/c1-14(2,3)7-11(16)6-13(19)17-8-12(9-18)20-15(4,5)10-17/h11-12,18H,6-10,16H2,1-5H3. The first kappa shape index (κ1) is 17.4. The van der Waals surface area contributed by atoms with Crippen molar-refractivity contribution in [3.8, 4) is 0 Å². The quantitative estimate of drug-likeness (QED) is 0.812. The molecule has 0 saturated carbocycles. The average molecular weight is 286 g/mol. The molecule has 0 radical (unpaired) electrons. The molecule has 1 rings (SSSR count). The third kappa shape index (κ3) is 5.77. The zero-order valence-electron chi connectivity index (χ0n) is 13.5. The minimum Gasteiger partial charge on any atom is -0.394 e. The van der Waals surface area contributed by atoms with E-state index < -0.39 is 5.60 Å². The molecule has 20 heavy (non-hydrogen) atoms. The summed E-state index contributed by atoms with van der Waals surface area (Å²) in [7, 11) is 0. The Morgan fingerprint density at radius 1 is 1.50 bits per heavy atom. The Balaban J connectivity index is 2.58. The summed E-state index contributed by atoms with van der Waals surface area (Å²) in [5.41, 5.74) is 5.78. The van der Waals surface area contributed by atoms with Gasteiger partial charge in [-0.25, -0.2) is 0 Å². The van der Waals surface area contributed by atoms with Gasteiger partial charge in [0, 0.05) is 25.6 Å². The fourth-order valence-electron chi connectivity index (χ4n) is 2.79. The van der Waals surface area contributed by atoms with Crippen molar-refractivity contribution in [1.29, 1.82) is 0 Å². The van der Waals surface area contributed by atoms with Gasteiger partial charge in [0.25, 0.3) is 0 Å². The van der Waals surface area contributed by atoms with Crippen LogP contribution in [0.4, 0.5) is 0 Å². The molecule has 5 nitrogen and oxygen atoms in total. The topological polar surface area (TPSA) is 75.8 Å². The fraction of sp³-hybridized carbons (Fsp3) is 0.933. The summed E-state index contributed by atoms with van der Waals surface area (Å²) in [5, 5.41) is 9.27. The van der Waals surface area contributed by atoms with E-state index in [0.29, 0.717) is 19.5 Å². The maximum Gasteiger partial charge on any atom is 0.224 e. The van der Waals surface area contributed by atoms with Crippen LogP contribution in [-0.4, -0.2) is 53.4 Å². The Morgan fingerprint density at radius 2 is 2.10 bits per heavy atom. The Morgan fingerprint density at radius 3 is 2.60 bits per heavy atom. The lowest BCUT2D eigenvalue weighted by Crippen LogP contribution is -2.56. The predicted octanol–water partition coefficient (Wildman–Crippen LogP) is 1.14. The van der Waals surface area contributed by atoms with E-state index in [1.165, 1.54) is 0 Å². The van der Waals surface area contributed by atoms with Crippen molar-refractivity contribution >= 4 is 5.91 Å². The molecule has 118 valence electrons. The summed E-state index contributed by atoms with van der Waals surface area (Å²) in [6, 6.07) is -0.124. The second-order valence-corrected chi connectivity index (χ2v) is 7.69. The number of nitrogens with two attached hydrogens (primary N) is 1. The molecular formula is C15H30N2O3. The van der Waals surface area contributed by atoms with Crippen LogP contribution in [0.15, 0.2) is 0 Å². The molecular weight excluding hydrogens is 256 g/mol. The molecule has 2 atom stereocenters. The van der Waals surface area contributed by atoms with Crippen molar-refractivity contribution in [2.45, 2.75) is 65.2 Å². The van der Waals surface area contributed by atoms with Gasteiger partial charge in [-0.3, -0.25) is 4.79 Å². The van der Waals surface area contributed by atoms with E-state index in [2.05, 4.69) is 20.8 Å². The Labute approximate surface area is 122 Å². The van der Waals surface area contributed by atoms with Gasteiger partial charge in [0.1, 0.15) is 0 Å². The van der Waals surface area contributed by atoms with Crippen molar-refractivity contribution < 1.29 is 14.6 Å². The van der Waals surface area contributed by atoms with Crippen LogP contribution in [0.25, 0.3) is 0 Å². The number of carbonyl (C=O) groups excluding carboxylic acids is 1. The van der Waals surface area contributed by atoms with Gasteiger partial charge in [-0.1, -0.05) is 20.8 Å². The highest BCUT2D eigenvalue weighted by molar-refractivity contribution is 5.77. The van der Waals surface area contributed by atoms with E-state index in [0.717, 1.165) is 6.42 Å². The van der Waals surface area contributed by atoms with Crippen LogP contribution in [-0.2, 0) is 9.53 Å². The molecule has 1 amide bonds. The van der Waals surface area contributed by atoms with Gasteiger partial charge in [0.15, 0.2) is 0 Å². The van der Waals surface area contributed by atoms with Crippen molar-refractivity contribution in [2.75, 3.05) is 19.7 Å². The third-order valence-electron chi connectivity index (χ3n) is 3.35. The maximum atomic E-state index is 12.4. The van der Waals surface area contributed by atoms with Crippen LogP contribution in [0, 0.1) is 5.41 Å². The average Bonchev–Trinajstić information content (AvgIpc) is 2.23. The van der Waals surface area contributed by atoms with Gasteiger partial charge in [-0.2, -0.15) is 0 Å². The van der Waals surface area contributed by atoms with Gasteiger partial charge in [-0.05, 0) is 25.7 Å². The second-order valence-electron chi connectivity index (χ2n) is 7.69. The molecule has 1 saturated heterocycles. The summed E-state index contributed by atoms with van der Waals surface area (Å²) in [6.45, 7) is 11.2. The molecule has 1 fully saturated rings. The number of carbonyl (C=O) groups is 1. The van der Waals surface area contributed by atoms with Crippen LogP contribution in [0.3, 0.4) is 0 Å². The Kier molecular flexibility index (Phi) is 5.58. The van der Waals surface area contributed by atoms with E-state index in [-0.39, 0.29) is 30.1 Å². The van der Waals surface area contributed by atoms with Crippen LogP contribution in [0.5, 0.6) is 0 Å². The molecule has 0 spiro atoms. The van der Waals surface area contributed by atoms with Crippen LogP contribution in [0.2, 0.25) is 0 Å². The van der Waals surface area contributed by atoms with E-state index in [9.17, 15) is 9.90 Å². The summed E-state index contributed by atoms with van der Waals surface area (Å²) in [4.78, 5) is 14.1. The van der Waals surface area contributed by atoms with Crippen LogP contribution < -0.4 is 5.73 Å². The van der Waals surface area contributed by atoms with Gasteiger partial charge >= 0.3 is 0 Å². The molecule has 1 heterocycles. The number of nitrogens with zero attached hydrogens (tertiary/aromatic N) is 1. The molecule has 0 aromatic heterocycles. The summed E-state index contributed by atoms with van der Waals surface area (Å²) in [5.74, 6) is 0.0524. The number of aliphatic hydroxyl groups excluding tert-OH is 1. The van der Waals surface area contributed by atoms with Crippen molar-refractivity contribution in [1.82, 2.24) is 4.90 Å². The third-order valence-corrected chi connectivity index (χ3v) is 3.35. The van der Waals surface area contributed by atoms with E-state index in [1.54, 1.807) is 4.90 Å². The van der Waals surface area contributed by atoms with E-state index in [4.69, 9.17) is 10.5 Å². The smallest absolute Gasteiger partial charge is 0.224 e. The normalized spacial score (nSPS) is 24.6. The molecule has 5 heteroatoms. The highest BCUT2D eigenvalue weighted by Crippen LogP contribution is 2.24. The summed E-state index contributed by atoms with van der Waals surface area (Å²) >= 11 is 0. The zero-order chi connectivity index (χ0) is 15.6. The zero-order valence-corrected chi connectivity index (χ0v) is 13.5. The SMILES string of the molecule is CC(C)(C)CC(N)CC(=O)N1CC(CO)OC(C)(C)C1. The van der Waals surface area contributed by atoms with E-state index in [1.807, 2.05) is 13.8 Å². The van der Waals surface area contributed by atoms with Gasteiger partial charge in [0.2, 0.25) is 5.91 Å².